The van der Waals surface area contributed by atoms with Crippen LogP contribution in [0, 0.1) is 0 Å². The van der Waals surface area contributed by atoms with Gasteiger partial charge in [0.05, 0.1) is 0 Å². The molecule has 3 N–H and O–H groups in total. The summed E-state index contributed by atoms with van der Waals surface area (Å²) < 4.78 is 11.1. The number of hydrogen-bond donors (Lipinski definition) is 2. The van der Waals surface area contributed by atoms with Crippen molar-refractivity contribution in [2.75, 3.05) is 18.5 Å². The normalized spacial score (nSPS) is 14.0. The predicted octanol–water partition coefficient (Wildman–Crippen LogP) is 1.16. The van der Waals surface area contributed by atoms with E-state index >= 15 is 0 Å². The average molecular weight is 254 g/mol. The highest BCUT2D eigenvalue weighted by Gasteiger charge is 2.08. The number of nitrogen functional groups attached to an aromatic ring is 1. The van der Waals surface area contributed by atoms with Crippen molar-refractivity contribution in [3.05, 3.63) is 29.8 Å². The van der Waals surface area contributed by atoms with Crippen molar-refractivity contribution in [1.82, 2.24) is 5.32 Å². The van der Waals surface area contributed by atoms with Crippen LogP contribution in [-0.4, -0.2) is 28.2 Å². The largest absolute Gasteiger partial charge is 0.399 e. The lowest BCUT2D eigenvalue weighted by Gasteiger charge is -2.09. The Labute approximate surface area is 104 Å². The van der Waals surface area contributed by atoms with Gasteiger partial charge in [-0.3, -0.25) is 9.00 Å². The van der Waals surface area contributed by atoms with E-state index in [0.717, 1.165) is 0 Å². The molecule has 2 unspecified atom stereocenters. The third-order valence-electron chi connectivity index (χ3n) is 2.55. The lowest BCUT2D eigenvalue weighted by atomic mass is 10.2. The Morgan fingerprint density at radius 3 is 2.82 bits per heavy atom. The van der Waals surface area contributed by atoms with E-state index in [2.05, 4.69) is 5.32 Å². The minimum atomic E-state index is -0.844. The second kappa shape index (κ2) is 6.39. The first-order chi connectivity index (χ1) is 8.00. The quantitative estimate of drug-likeness (QED) is 0.774. The molecule has 5 heteroatoms. The Morgan fingerprint density at radius 1 is 1.53 bits per heavy atom. The molecule has 0 radical (unpaired) electrons. The smallest absolute Gasteiger partial charge is 0.251 e. The topological polar surface area (TPSA) is 72.2 Å². The molecule has 0 aromatic heterocycles. The van der Waals surface area contributed by atoms with Gasteiger partial charge in [-0.15, -0.1) is 0 Å². The predicted molar refractivity (Wildman–Crippen MR) is 71.3 cm³/mol. The fourth-order valence-corrected chi connectivity index (χ4v) is 1.79. The second-order valence-corrected chi connectivity index (χ2v) is 5.78. The third-order valence-corrected chi connectivity index (χ3v) is 3.92. The molecule has 1 rings (SSSR count). The van der Waals surface area contributed by atoms with Crippen molar-refractivity contribution >= 4 is 22.4 Å². The lowest BCUT2D eigenvalue weighted by molar-refractivity contribution is 0.0953. The Hall–Kier alpha value is -1.36. The molecular weight excluding hydrogens is 236 g/mol. The van der Waals surface area contributed by atoms with E-state index in [1.165, 1.54) is 0 Å². The number of nitrogens with two attached hydrogens (primary N) is 1. The number of rotatable bonds is 5. The van der Waals surface area contributed by atoms with Crippen LogP contribution in [0.1, 0.15) is 23.7 Å². The van der Waals surface area contributed by atoms with E-state index in [4.69, 9.17) is 5.73 Å². The van der Waals surface area contributed by atoms with Crippen LogP contribution < -0.4 is 11.1 Å². The molecule has 0 bridgehead atoms. The first-order valence-electron chi connectivity index (χ1n) is 5.46. The first-order valence-corrected chi connectivity index (χ1v) is 7.09. The molecule has 0 saturated carbocycles. The fourth-order valence-electron chi connectivity index (χ4n) is 1.34. The van der Waals surface area contributed by atoms with Crippen LogP contribution in [0.3, 0.4) is 0 Å². The summed E-state index contributed by atoms with van der Waals surface area (Å²) in [6, 6.07) is 6.83. The molecular formula is C12H18N2O2S. The van der Waals surface area contributed by atoms with Crippen molar-refractivity contribution < 1.29 is 9.00 Å². The Kier molecular flexibility index (Phi) is 5.15. The van der Waals surface area contributed by atoms with E-state index in [1.807, 2.05) is 6.92 Å². The van der Waals surface area contributed by atoms with Gasteiger partial charge in [0.1, 0.15) is 0 Å². The van der Waals surface area contributed by atoms with E-state index in [1.54, 1.807) is 30.5 Å². The van der Waals surface area contributed by atoms with Crippen LogP contribution in [0.2, 0.25) is 0 Å². The molecule has 0 spiro atoms. The van der Waals surface area contributed by atoms with E-state index in [-0.39, 0.29) is 11.2 Å². The van der Waals surface area contributed by atoms with Gasteiger partial charge in [0.2, 0.25) is 0 Å². The number of carbonyl (C=O) groups is 1. The first kappa shape index (κ1) is 13.7. The standard InChI is InChI=1S/C12H18N2O2S/c1-9(17(2)16)6-7-14-12(15)10-4-3-5-11(13)8-10/h3-5,8-9H,6-7,13H2,1-2H3,(H,14,15). The number of carbonyl (C=O) groups excluding carboxylic acids is 1. The maximum atomic E-state index is 11.7. The molecule has 0 fully saturated rings. The molecule has 2 atom stereocenters. The van der Waals surface area contributed by atoms with E-state index < -0.39 is 10.8 Å². The summed E-state index contributed by atoms with van der Waals surface area (Å²) in [6.07, 6.45) is 2.38. The Bertz CT molecular complexity index is 421. The summed E-state index contributed by atoms with van der Waals surface area (Å²) in [6.45, 7) is 2.43. The minimum Gasteiger partial charge on any atom is -0.399 e. The molecule has 4 nitrogen and oxygen atoms in total. The van der Waals surface area contributed by atoms with Crippen molar-refractivity contribution in [3.63, 3.8) is 0 Å². The highest BCUT2D eigenvalue weighted by atomic mass is 32.2. The molecule has 0 saturated heterocycles. The van der Waals surface area contributed by atoms with Crippen LogP contribution in [0.5, 0.6) is 0 Å². The van der Waals surface area contributed by atoms with Crippen LogP contribution in [0.4, 0.5) is 5.69 Å². The lowest BCUT2D eigenvalue weighted by Crippen LogP contribution is -2.27. The van der Waals surface area contributed by atoms with Gasteiger partial charge in [-0.1, -0.05) is 13.0 Å². The number of amides is 1. The zero-order valence-electron chi connectivity index (χ0n) is 10.1. The minimum absolute atomic E-state index is 0.0937. The fraction of sp³-hybridized carbons (Fsp3) is 0.417. The Balaban J connectivity index is 2.43. The van der Waals surface area contributed by atoms with Gasteiger partial charge in [-0.25, -0.2) is 0 Å². The third kappa shape index (κ3) is 4.56. The maximum Gasteiger partial charge on any atom is 0.251 e. The molecule has 0 aliphatic heterocycles. The van der Waals surface area contributed by atoms with Crippen LogP contribution in [0.25, 0.3) is 0 Å². The van der Waals surface area contributed by atoms with Crippen LogP contribution in [-0.2, 0) is 10.8 Å². The number of benzene rings is 1. The summed E-state index contributed by atoms with van der Waals surface area (Å²) in [5.74, 6) is -0.147. The van der Waals surface area contributed by atoms with Gasteiger partial charge in [-0.2, -0.15) is 0 Å². The highest BCUT2D eigenvalue weighted by Crippen LogP contribution is 2.06. The Morgan fingerprint density at radius 2 is 2.24 bits per heavy atom. The molecule has 0 aliphatic carbocycles. The highest BCUT2D eigenvalue weighted by molar-refractivity contribution is 7.84. The van der Waals surface area contributed by atoms with Gasteiger partial charge >= 0.3 is 0 Å². The number of anilines is 1. The molecule has 1 aromatic rings. The maximum absolute atomic E-state index is 11.7. The van der Waals surface area contributed by atoms with Crippen molar-refractivity contribution in [2.24, 2.45) is 0 Å². The van der Waals surface area contributed by atoms with Gasteiger partial charge < -0.3 is 11.1 Å². The molecule has 17 heavy (non-hydrogen) atoms. The van der Waals surface area contributed by atoms with Gasteiger partial charge in [-0.05, 0) is 24.6 Å². The van der Waals surface area contributed by atoms with Crippen molar-refractivity contribution in [2.45, 2.75) is 18.6 Å². The summed E-state index contributed by atoms with van der Waals surface area (Å²) in [5, 5.41) is 2.88. The molecule has 0 heterocycles. The van der Waals surface area contributed by atoms with E-state index in [0.29, 0.717) is 24.2 Å². The van der Waals surface area contributed by atoms with Gasteiger partial charge in [0.25, 0.3) is 5.91 Å². The second-order valence-electron chi connectivity index (χ2n) is 3.98. The van der Waals surface area contributed by atoms with Crippen molar-refractivity contribution in [1.29, 1.82) is 0 Å². The summed E-state index contributed by atoms with van der Waals surface area (Å²) in [5.41, 5.74) is 6.71. The molecule has 94 valence electrons. The van der Waals surface area contributed by atoms with Gasteiger partial charge in [0, 0.05) is 40.1 Å². The summed E-state index contributed by atoms with van der Waals surface area (Å²) >= 11 is 0. The zero-order valence-corrected chi connectivity index (χ0v) is 10.9. The van der Waals surface area contributed by atoms with Crippen LogP contribution in [0.15, 0.2) is 24.3 Å². The van der Waals surface area contributed by atoms with E-state index in [9.17, 15) is 9.00 Å². The summed E-state index contributed by atoms with van der Waals surface area (Å²) in [7, 11) is -0.844. The van der Waals surface area contributed by atoms with Crippen molar-refractivity contribution in [3.8, 4) is 0 Å². The molecule has 0 aliphatic rings. The number of nitrogens with one attached hydrogen (secondary N) is 1. The van der Waals surface area contributed by atoms with Crippen LogP contribution >= 0.6 is 0 Å². The summed E-state index contributed by atoms with van der Waals surface area (Å²) in [4.78, 5) is 11.7. The van der Waals surface area contributed by atoms with Gasteiger partial charge in [0.15, 0.2) is 0 Å². The average Bonchev–Trinajstić information content (AvgIpc) is 2.28. The monoisotopic (exact) mass is 254 g/mol. The SMILES string of the molecule is CC(CCNC(=O)c1cccc(N)c1)S(C)=O. The molecule has 1 amide bonds. The zero-order chi connectivity index (χ0) is 12.8. The number of hydrogen-bond acceptors (Lipinski definition) is 3. The molecule has 1 aromatic carbocycles.